The fourth-order valence-corrected chi connectivity index (χ4v) is 1.57. The maximum absolute atomic E-state index is 13.0. The Bertz CT molecular complexity index is 414. The molecule has 0 amide bonds. The number of hydrogen-bond acceptors (Lipinski definition) is 2. The van der Waals surface area contributed by atoms with Gasteiger partial charge >= 0.3 is 12.1 Å². The average molecular weight is 247 g/mol. The summed E-state index contributed by atoms with van der Waals surface area (Å²) in [4.78, 5) is 11.0. The van der Waals surface area contributed by atoms with Crippen LogP contribution in [0, 0.1) is 6.92 Å². The summed E-state index contributed by atoms with van der Waals surface area (Å²) in [6, 6.07) is 5.14. The summed E-state index contributed by atoms with van der Waals surface area (Å²) >= 11 is 0. The van der Waals surface area contributed by atoms with Gasteiger partial charge in [-0.05, 0) is 12.5 Å². The quantitative estimate of drug-likeness (QED) is 0.856. The van der Waals surface area contributed by atoms with Crippen LogP contribution in [0.4, 0.5) is 13.2 Å². The molecule has 0 saturated heterocycles. The molecule has 0 radical (unpaired) electrons. The maximum Gasteiger partial charge on any atom is 0.410 e. The highest BCUT2D eigenvalue weighted by Gasteiger charge is 2.61. The summed E-state index contributed by atoms with van der Waals surface area (Å²) in [7, 11) is 0. The molecule has 17 heavy (non-hydrogen) atoms. The number of alkyl halides is 3. The van der Waals surface area contributed by atoms with Gasteiger partial charge in [0.2, 0.25) is 0 Å². The molecule has 0 aliphatic heterocycles. The molecular weight excluding hydrogens is 235 g/mol. The molecule has 0 bridgehead atoms. The van der Waals surface area contributed by atoms with E-state index in [2.05, 4.69) is 0 Å². The molecule has 0 aliphatic carbocycles. The van der Waals surface area contributed by atoms with Crippen molar-refractivity contribution in [3.8, 4) is 0 Å². The highest BCUT2D eigenvalue weighted by molar-refractivity contribution is 5.83. The lowest BCUT2D eigenvalue weighted by Crippen LogP contribution is -2.54. The van der Waals surface area contributed by atoms with E-state index in [0.29, 0.717) is 0 Å². The summed E-state index contributed by atoms with van der Waals surface area (Å²) in [5, 5.41) is 8.88. The molecule has 94 valence electrons. The Morgan fingerprint density at radius 3 is 2.06 bits per heavy atom. The van der Waals surface area contributed by atoms with E-state index in [1.165, 1.54) is 12.1 Å². The van der Waals surface area contributed by atoms with Crippen molar-refractivity contribution in [2.24, 2.45) is 5.73 Å². The molecule has 0 aliphatic rings. The van der Waals surface area contributed by atoms with Crippen molar-refractivity contribution in [3.05, 3.63) is 35.4 Å². The molecule has 0 heterocycles. The van der Waals surface area contributed by atoms with E-state index in [9.17, 15) is 18.0 Å². The molecule has 1 rings (SSSR count). The van der Waals surface area contributed by atoms with Crippen LogP contribution in [0.15, 0.2) is 24.3 Å². The van der Waals surface area contributed by atoms with Crippen LogP contribution in [0.1, 0.15) is 11.1 Å². The average Bonchev–Trinajstić information content (AvgIpc) is 2.19. The SMILES string of the molecule is Cc1ccc(C(CN)(C(=O)O)C(F)(F)F)cc1. The number of carboxylic acid groups (broad SMARTS) is 1. The van der Waals surface area contributed by atoms with Crippen molar-refractivity contribution in [3.63, 3.8) is 0 Å². The number of aryl methyl sites for hydroxylation is 1. The van der Waals surface area contributed by atoms with Gasteiger partial charge in [0.05, 0.1) is 0 Å². The summed E-state index contributed by atoms with van der Waals surface area (Å²) in [5.74, 6) is -1.99. The predicted octanol–water partition coefficient (Wildman–Crippen LogP) is 1.84. The molecular formula is C11H12F3NO2. The van der Waals surface area contributed by atoms with Gasteiger partial charge in [-0.1, -0.05) is 29.8 Å². The number of hydrogen-bond donors (Lipinski definition) is 2. The van der Waals surface area contributed by atoms with Crippen LogP contribution >= 0.6 is 0 Å². The van der Waals surface area contributed by atoms with Crippen LogP contribution in [0.3, 0.4) is 0 Å². The summed E-state index contributed by atoms with van der Waals surface area (Å²) < 4.78 is 38.9. The van der Waals surface area contributed by atoms with Crippen LogP contribution < -0.4 is 5.73 Å². The van der Waals surface area contributed by atoms with E-state index < -0.39 is 24.1 Å². The lowest BCUT2D eigenvalue weighted by atomic mass is 9.79. The molecule has 0 saturated carbocycles. The van der Waals surface area contributed by atoms with Gasteiger partial charge in [-0.2, -0.15) is 13.2 Å². The zero-order valence-electron chi connectivity index (χ0n) is 9.08. The maximum atomic E-state index is 13.0. The number of carboxylic acids is 1. The lowest BCUT2D eigenvalue weighted by Gasteiger charge is -2.30. The second-order valence-corrected chi connectivity index (χ2v) is 3.78. The smallest absolute Gasteiger partial charge is 0.410 e. The van der Waals surface area contributed by atoms with Gasteiger partial charge in [0.25, 0.3) is 0 Å². The molecule has 3 N–H and O–H groups in total. The van der Waals surface area contributed by atoms with Crippen LogP contribution in [0.25, 0.3) is 0 Å². The minimum atomic E-state index is -4.94. The van der Waals surface area contributed by atoms with Crippen LogP contribution in [-0.4, -0.2) is 23.8 Å². The standard InChI is InChI=1S/C11H12F3NO2/c1-7-2-4-8(5-3-7)10(6-15,9(16)17)11(12,13)14/h2-5H,6,15H2,1H3,(H,16,17). The van der Waals surface area contributed by atoms with Gasteiger partial charge in [0, 0.05) is 6.54 Å². The summed E-state index contributed by atoms with van der Waals surface area (Å²) in [5.41, 5.74) is 2.41. The lowest BCUT2D eigenvalue weighted by molar-refractivity contribution is -0.203. The third-order valence-electron chi connectivity index (χ3n) is 2.70. The Hall–Kier alpha value is -1.56. The number of rotatable bonds is 3. The van der Waals surface area contributed by atoms with Crippen molar-refractivity contribution < 1.29 is 23.1 Å². The molecule has 1 aromatic carbocycles. The Balaban J connectivity index is 3.43. The molecule has 6 heteroatoms. The van der Waals surface area contributed by atoms with Crippen molar-refractivity contribution >= 4 is 5.97 Å². The Labute approximate surface area is 96.0 Å². The van der Waals surface area contributed by atoms with E-state index in [-0.39, 0.29) is 5.56 Å². The van der Waals surface area contributed by atoms with Crippen LogP contribution in [-0.2, 0) is 10.2 Å². The first kappa shape index (κ1) is 13.5. The first-order valence-corrected chi connectivity index (χ1v) is 4.83. The highest BCUT2D eigenvalue weighted by atomic mass is 19.4. The van der Waals surface area contributed by atoms with E-state index in [0.717, 1.165) is 17.7 Å². The van der Waals surface area contributed by atoms with E-state index in [4.69, 9.17) is 10.8 Å². The number of nitrogens with two attached hydrogens (primary N) is 1. The topological polar surface area (TPSA) is 63.3 Å². The monoisotopic (exact) mass is 247 g/mol. The van der Waals surface area contributed by atoms with Crippen LogP contribution in [0.5, 0.6) is 0 Å². The van der Waals surface area contributed by atoms with Gasteiger partial charge < -0.3 is 10.8 Å². The fraction of sp³-hybridized carbons (Fsp3) is 0.364. The first-order chi connectivity index (χ1) is 7.75. The molecule has 0 fully saturated rings. The zero-order chi connectivity index (χ0) is 13.3. The van der Waals surface area contributed by atoms with Crippen molar-refractivity contribution in [1.29, 1.82) is 0 Å². The number of aliphatic carboxylic acids is 1. The van der Waals surface area contributed by atoms with E-state index >= 15 is 0 Å². The van der Waals surface area contributed by atoms with E-state index in [1.54, 1.807) is 6.92 Å². The molecule has 1 unspecified atom stereocenters. The molecule has 0 spiro atoms. The number of carbonyl (C=O) groups is 1. The minimum Gasteiger partial charge on any atom is -0.480 e. The zero-order valence-corrected chi connectivity index (χ0v) is 9.08. The van der Waals surface area contributed by atoms with Gasteiger partial charge in [0.1, 0.15) is 0 Å². The van der Waals surface area contributed by atoms with Gasteiger partial charge in [-0.25, -0.2) is 0 Å². The third kappa shape index (κ3) is 2.12. The fourth-order valence-electron chi connectivity index (χ4n) is 1.57. The van der Waals surface area contributed by atoms with Gasteiger partial charge in [-0.15, -0.1) is 0 Å². The summed E-state index contributed by atoms with van der Waals surface area (Å²) in [6.45, 7) is 0.664. The van der Waals surface area contributed by atoms with Crippen molar-refractivity contribution in [2.75, 3.05) is 6.54 Å². The normalized spacial score (nSPS) is 15.4. The predicted molar refractivity (Wildman–Crippen MR) is 55.6 cm³/mol. The third-order valence-corrected chi connectivity index (χ3v) is 2.70. The molecule has 1 atom stereocenters. The Morgan fingerprint density at radius 2 is 1.76 bits per heavy atom. The highest BCUT2D eigenvalue weighted by Crippen LogP contribution is 2.40. The minimum absolute atomic E-state index is 0.356. The Kier molecular flexibility index (Phi) is 3.47. The molecule has 0 aromatic heterocycles. The Morgan fingerprint density at radius 1 is 1.29 bits per heavy atom. The second-order valence-electron chi connectivity index (χ2n) is 3.78. The van der Waals surface area contributed by atoms with Crippen LogP contribution in [0.2, 0.25) is 0 Å². The number of benzene rings is 1. The van der Waals surface area contributed by atoms with Crippen molar-refractivity contribution in [1.82, 2.24) is 0 Å². The molecule has 3 nitrogen and oxygen atoms in total. The van der Waals surface area contributed by atoms with E-state index in [1.807, 2.05) is 0 Å². The largest absolute Gasteiger partial charge is 0.480 e. The summed E-state index contributed by atoms with van der Waals surface area (Å²) in [6.07, 6.45) is -4.94. The number of halogens is 3. The van der Waals surface area contributed by atoms with Gasteiger partial charge in [0.15, 0.2) is 5.41 Å². The second kappa shape index (κ2) is 4.37. The first-order valence-electron chi connectivity index (χ1n) is 4.83. The molecule has 1 aromatic rings. The van der Waals surface area contributed by atoms with Gasteiger partial charge in [-0.3, -0.25) is 4.79 Å². The van der Waals surface area contributed by atoms with Crippen molar-refractivity contribution in [2.45, 2.75) is 18.5 Å².